The molecule has 0 saturated carbocycles. The average Bonchev–Trinajstić information content (AvgIpc) is 2.89. The van der Waals surface area contributed by atoms with Crippen LogP contribution in [0.4, 0.5) is 22.1 Å². The van der Waals surface area contributed by atoms with Gasteiger partial charge in [0.1, 0.15) is 46.4 Å². The van der Waals surface area contributed by atoms with E-state index in [0.717, 1.165) is 18.5 Å². The number of hydrogen-bond donors (Lipinski definition) is 2. The number of anilines is 3. The van der Waals surface area contributed by atoms with Crippen LogP contribution in [0.5, 0.6) is 0 Å². The third kappa shape index (κ3) is 6.32. The zero-order valence-corrected chi connectivity index (χ0v) is 22.5. The monoisotopic (exact) mass is 618 g/mol. The average molecular weight is 618 g/mol. The molecule has 0 spiro atoms. The first-order valence-corrected chi connectivity index (χ1v) is 12.7. The second-order valence-electron chi connectivity index (χ2n) is 8.84. The van der Waals surface area contributed by atoms with Crippen molar-refractivity contribution in [2.45, 2.75) is 19.4 Å². The Labute approximate surface area is 228 Å². The first-order chi connectivity index (χ1) is 17.9. The molecule has 0 radical (unpaired) electrons. The molecular weight excluding hydrogens is 591 g/mol. The number of rotatable bonds is 8. The van der Waals surface area contributed by atoms with Crippen molar-refractivity contribution in [2.75, 3.05) is 61.9 Å². The molecule has 4 heterocycles. The summed E-state index contributed by atoms with van der Waals surface area (Å²) in [5.41, 5.74) is 2.61. The molecule has 37 heavy (non-hydrogen) atoms. The quantitative estimate of drug-likeness (QED) is 0.259. The number of nitrogens with one attached hydrogen (secondary N) is 2. The minimum atomic E-state index is -0.439. The van der Waals surface area contributed by atoms with Gasteiger partial charge in [0, 0.05) is 50.6 Å². The number of pyridine rings is 2. The molecule has 0 aliphatic carbocycles. The fourth-order valence-electron chi connectivity index (χ4n) is 4.34. The Balaban J connectivity index is 1.53. The van der Waals surface area contributed by atoms with Crippen LogP contribution in [0.25, 0.3) is 0 Å². The largest absolute Gasteiger partial charge is 0.381 e. The summed E-state index contributed by atoms with van der Waals surface area (Å²) in [4.78, 5) is 51.5. The molecule has 0 atom stereocenters. The summed E-state index contributed by atoms with van der Waals surface area (Å²) >= 11 is 1.79. The number of aromatic nitrogens is 2. The number of halogens is 1. The van der Waals surface area contributed by atoms with Gasteiger partial charge in [-0.1, -0.05) is 0 Å². The molecule has 2 aromatic heterocycles. The molecule has 12 nitrogen and oxygen atoms in total. The standard InChI is InChI=1S/C24H27IN8O4/c1-31-6-7-32(22(35)14-31)13-17-9-16-3-2-5-33(23(16)29-20(17)15-34)24(36)30-21-10-19(27-4-8-37-25)18(11-26)12-28-21/h9-10,12,15H,2-8,13-14H2,1H3,(H2,27,28,30,36). The molecule has 1 saturated heterocycles. The maximum atomic E-state index is 13.2. The Morgan fingerprint density at radius 3 is 2.89 bits per heavy atom. The smallest absolute Gasteiger partial charge is 0.328 e. The van der Waals surface area contributed by atoms with E-state index >= 15 is 0 Å². The van der Waals surface area contributed by atoms with E-state index in [2.05, 4.69) is 26.7 Å². The summed E-state index contributed by atoms with van der Waals surface area (Å²) in [5, 5.41) is 15.2. The van der Waals surface area contributed by atoms with Gasteiger partial charge in [-0.3, -0.25) is 24.7 Å². The summed E-state index contributed by atoms with van der Waals surface area (Å²) in [5.74, 6) is 0.704. The van der Waals surface area contributed by atoms with Crippen molar-refractivity contribution in [3.8, 4) is 6.07 Å². The highest BCUT2D eigenvalue weighted by atomic mass is 127. The van der Waals surface area contributed by atoms with Crippen LogP contribution in [0.2, 0.25) is 0 Å². The lowest BCUT2D eigenvalue weighted by molar-refractivity contribution is -0.136. The Morgan fingerprint density at radius 1 is 1.32 bits per heavy atom. The Kier molecular flexibility index (Phi) is 8.85. The number of hydrogen-bond acceptors (Lipinski definition) is 9. The third-order valence-electron chi connectivity index (χ3n) is 6.26. The fourth-order valence-corrected chi connectivity index (χ4v) is 4.56. The number of urea groups is 1. The maximum absolute atomic E-state index is 13.2. The van der Waals surface area contributed by atoms with Gasteiger partial charge >= 0.3 is 6.03 Å². The van der Waals surface area contributed by atoms with Crippen molar-refractivity contribution in [3.05, 3.63) is 40.7 Å². The predicted molar refractivity (Wildman–Crippen MR) is 145 cm³/mol. The van der Waals surface area contributed by atoms with Crippen molar-refractivity contribution in [2.24, 2.45) is 0 Å². The van der Waals surface area contributed by atoms with Crippen molar-refractivity contribution >= 4 is 58.6 Å². The number of nitrogens with zero attached hydrogens (tertiary/aromatic N) is 6. The van der Waals surface area contributed by atoms with E-state index < -0.39 is 6.03 Å². The van der Waals surface area contributed by atoms with Gasteiger partial charge in [-0.2, -0.15) is 5.26 Å². The van der Waals surface area contributed by atoms with Crippen LogP contribution in [0, 0.1) is 11.3 Å². The van der Waals surface area contributed by atoms with E-state index in [-0.39, 0.29) is 17.4 Å². The molecule has 1 fully saturated rings. The summed E-state index contributed by atoms with van der Waals surface area (Å²) < 4.78 is 5.00. The van der Waals surface area contributed by atoms with E-state index in [0.29, 0.717) is 74.7 Å². The lowest BCUT2D eigenvalue weighted by atomic mass is 10.0. The number of likely N-dealkylation sites (N-methyl/N-ethyl adjacent to an activating group) is 1. The van der Waals surface area contributed by atoms with Crippen molar-refractivity contribution < 1.29 is 17.4 Å². The molecular formula is C24H27IN8O4. The summed E-state index contributed by atoms with van der Waals surface area (Å²) in [6.07, 6.45) is 3.48. The lowest BCUT2D eigenvalue weighted by Crippen LogP contribution is -2.48. The molecule has 2 aromatic rings. The number of carbonyl (C=O) groups excluding carboxylic acids is 3. The highest BCUT2D eigenvalue weighted by Gasteiger charge is 2.28. The van der Waals surface area contributed by atoms with Crippen molar-refractivity contribution in [1.29, 1.82) is 5.26 Å². The van der Waals surface area contributed by atoms with E-state index in [9.17, 15) is 19.6 Å². The number of fused-ring (bicyclic) bond motifs is 1. The molecule has 2 aliphatic rings. The predicted octanol–water partition coefficient (Wildman–Crippen LogP) is 2.20. The Hall–Kier alpha value is -3.35. The minimum Gasteiger partial charge on any atom is -0.381 e. The van der Waals surface area contributed by atoms with Crippen LogP contribution in [-0.4, -0.2) is 84.4 Å². The molecule has 0 aromatic carbocycles. The number of piperazine rings is 1. The number of nitriles is 1. The van der Waals surface area contributed by atoms with Crippen molar-refractivity contribution in [3.63, 3.8) is 0 Å². The topological polar surface area (TPSA) is 144 Å². The van der Waals surface area contributed by atoms with E-state index in [4.69, 9.17) is 3.07 Å². The number of aryl methyl sites for hydroxylation is 1. The van der Waals surface area contributed by atoms with Crippen LogP contribution in [0.1, 0.15) is 33.6 Å². The fraction of sp³-hybridized carbons (Fsp3) is 0.417. The number of aldehydes is 1. The number of carbonyl (C=O) groups is 3. The summed E-state index contributed by atoms with van der Waals surface area (Å²) in [7, 11) is 1.90. The van der Waals surface area contributed by atoms with Gasteiger partial charge in [0.25, 0.3) is 0 Å². The van der Waals surface area contributed by atoms with Gasteiger partial charge in [-0.15, -0.1) is 0 Å². The third-order valence-corrected chi connectivity index (χ3v) is 6.70. The summed E-state index contributed by atoms with van der Waals surface area (Å²) in [6, 6.07) is 5.11. The highest BCUT2D eigenvalue weighted by Crippen LogP contribution is 2.29. The SMILES string of the molecule is CN1CCN(Cc2cc3c(nc2C=O)N(C(=O)Nc2cc(NCCOI)c(C#N)cn2)CCC3)C(=O)C1. The molecule has 2 N–H and O–H groups in total. The van der Waals surface area contributed by atoms with Crippen LogP contribution in [0.3, 0.4) is 0 Å². The van der Waals surface area contributed by atoms with E-state index in [1.807, 2.05) is 18.0 Å². The second-order valence-corrected chi connectivity index (χ2v) is 9.46. The van der Waals surface area contributed by atoms with Gasteiger partial charge < -0.3 is 13.3 Å². The first kappa shape index (κ1) is 26.7. The van der Waals surface area contributed by atoms with Gasteiger partial charge in [-0.25, -0.2) is 14.8 Å². The molecule has 0 unspecified atom stereocenters. The van der Waals surface area contributed by atoms with Gasteiger partial charge in [0.2, 0.25) is 5.91 Å². The Bertz CT molecular complexity index is 1230. The van der Waals surface area contributed by atoms with E-state index in [1.54, 1.807) is 34.0 Å². The van der Waals surface area contributed by atoms with Crippen LogP contribution in [0.15, 0.2) is 18.3 Å². The highest BCUT2D eigenvalue weighted by molar-refractivity contribution is 14.1. The first-order valence-electron chi connectivity index (χ1n) is 11.8. The van der Waals surface area contributed by atoms with Gasteiger partial charge in [0.15, 0.2) is 6.29 Å². The van der Waals surface area contributed by atoms with Crippen molar-refractivity contribution in [1.82, 2.24) is 19.8 Å². The van der Waals surface area contributed by atoms with Crippen LogP contribution in [-0.2, 0) is 20.8 Å². The molecule has 0 bridgehead atoms. The maximum Gasteiger partial charge on any atom is 0.328 e. The molecule has 3 amide bonds. The number of amides is 3. The Morgan fingerprint density at radius 2 is 2.16 bits per heavy atom. The molecule has 2 aliphatic heterocycles. The van der Waals surface area contributed by atoms with E-state index in [1.165, 1.54) is 11.1 Å². The summed E-state index contributed by atoms with van der Waals surface area (Å²) in [6.45, 7) is 3.34. The zero-order chi connectivity index (χ0) is 26.4. The van der Waals surface area contributed by atoms with Crippen LogP contribution >= 0.6 is 23.0 Å². The van der Waals surface area contributed by atoms with Gasteiger partial charge in [0.05, 0.1) is 24.4 Å². The molecule has 194 valence electrons. The molecule has 4 rings (SSSR count). The lowest BCUT2D eigenvalue weighted by Gasteiger charge is -2.33. The van der Waals surface area contributed by atoms with Gasteiger partial charge in [-0.05, 0) is 31.5 Å². The normalized spacial score (nSPS) is 15.6. The molecule has 13 heteroatoms. The second kappa shape index (κ2) is 12.3. The minimum absolute atomic E-state index is 0.00918. The zero-order valence-electron chi connectivity index (χ0n) is 20.4. The van der Waals surface area contributed by atoms with Crippen LogP contribution < -0.4 is 15.5 Å².